The summed E-state index contributed by atoms with van der Waals surface area (Å²) < 4.78 is 0. The first kappa shape index (κ1) is 13.3. The van der Waals surface area contributed by atoms with Crippen molar-refractivity contribution in [1.82, 2.24) is 15.1 Å². The number of nitrogens with one attached hydrogen (secondary N) is 1. The smallest absolute Gasteiger partial charge is 0.0240 e. The summed E-state index contributed by atoms with van der Waals surface area (Å²) in [6.07, 6.45) is 2.89. The van der Waals surface area contributed by atoms with E-state index >= 15 is 0 Å². The molecule has 3 heteroatoms. The van der Waals surface area contributed by atoms with Crippen LogP contribution in [0.4, 0.5) is 0 Å². The molecule has 1 N–H and O–H groups in total. The third-order valence-corrected chi connectivity index (χ3v) is 4.30. The number of rotatable bonds is 4. The van der Waals surface area contributed by atoms with E-state index in [1.54, 1.807) is 0 Å². The Morgan fingerprint density at radius 2 is 1.71 bits per heavy atom. The van der Waals surface area contributed by atoms with Crippen LogP contribution < -0.4 is 5.32 Å². The largest absolute Gasteiger partial charge is 0.315 e. The van der Waals surface area contributed by atoms with Gasteiger partial charge in [-0.15, -0.1) is 0 Å². The average molecular weight is 239 g/mol. The van der Waals surface area contributed by atoms with E-state index in [2.05, 4.69) is 42.9 Å². The lowest BCUT2D eigenvalue weighted by Gasteiger charge is -2.39. The molecule has 1 aliphatic heterocycles. The highest BCUT2D eigenvalue weighted by molar-refractivity contribution is 4.89. The zero-order chi connectivity index (χ0) is 12.5. The summed E-state index contributed by atoms with van der Waals surface area (Å²) in [6.45, 7) is 13.3. The molecule has 0 amide bonds. The molecule has 0 aromatic heterocycles. The highest BCUT2D eigenvalue weighted by Crippen LogP contribution is 2.28. The molecule has 2 rings (SSSR count). The Balaban J connectivity index is 1.76. The van der Waals surface area contributed by atoms with Crippen LogP contribution in [0.15, 0.2) is 0 Å². The summed E-state index contributed by atoms with van der Waals surface area (Å²) in [4.78, 5) is 5.31. The van der Waals surface area contributed by atoms with E-state index in [0.29, 0.717) is 11.5 Å². The lowest BCUT2D eigenvalue weighted by Crippen LogP contribution is -2.53. The fourth-order valence-electron chi connectivity index (χ4n) is 2.81. The van der Waals surface area contributed by atoms with Gasteiger partial charge in [0.05, 0.1) is 0 Å². The Morgan fingerprint density at radius 3 is 2.12 bits per heavy atom. The molecule has 100 valence electrons. The van der Waals surface area contributed by atoms with Crippen LogP contribution in [-0.4, -0.2) is 61.7 Å². The molecule has 1 unspecified atom stereocenters. The van der Waals surface area contributed by atoms with Crippen LogP contribution in [0.5, 0.6) is 0 Å². The minimum absolute atomic E-state index is 0.350. The molecule has 1 atom stereocenters. The predicted molar refractivity (Wildman–Crippen MR) is 73.3 cm³/mol. The Morgan fingerprint density at radius 1 is 1.12 bits per heavy atom. The van der Waals surface area contributed by atoms with Crippen LogP contribution in [0.2, 0.25) is 0 Å². The summed E-state index contributed by atoms with van der Waals surface area (Å²) in [6, 6.07) is 1.54. The number of piperazine rings is 1. The van der Waals surface area contributed by atoms with Crippen LogP contribution in [0.25, 0.3) is 0 Å². The van der Waals surface area contributed by atoms with Gasteiger partial charge in [0, 0.05) is 44.8 Å². The maximum absolute atomic E-state index is 3.48. The summed E-state index contributed by atoms with van der Waals surface area (Å²) >= 11 is 0. The quantitative estimate of drug-likeness (QED) is 0.800. The van der Waals surface area contributed by atoms with Crippen molar-refractivity contribution < 1.29 is 0 Å². The van der Waals surface area contributed by atoms with E-state index in [0.717, 1.165) is 6.04 Å². The normalized spacial score (nSPS) is 26.1. The average Bonchev–Trinajstić information content (AvgIpc) is 3.09. The van der Waals surface area contributed by atoms with Crippen molar-refractivity contribution in [3.63, 3.8) is 0 Å². The van der Waals surface area contributed by atoms with Crippen LogP contribution in [0.1, 0.15) is 33.6 Å². The molecule has 0 aromatic carbocycles. The second-order valence-corrected chi connectivity index (χ2v) is 6.78. The maximum Gasteiger partial charge on any atom is 0.0240 e. The number of hydrogen-bond acceptors (Lipinski definition) is 3. The van der Waals surface area contributed by atoms with Crippen LogP contribution in [0.3, 0.4) is 0 Å². The Hall–Kier alpha value is -0.120. The molecule has 3 nitrogen and oxygen atoms in total. The maximum atomic E-state index is 3.48. The van der Waals surface area contributed by atoms with E-state index in [1.807, 2.05) is 0 Å². The third-order valence-electron chi connectivity index (χ3n) is 4.30. The van der Waals surface area contributed by atoms with E-state index in [9.17, 15) is 0 Å². The predicted octanol–water partition coefficient (Wildman–Crippen LogP) is 1.40. The number of nitrogens with zero attached hydrogens (tertiary/aromatic N) is 2. The van der Waals surface area contributed by atoms with Gasteiger partial charge in [0.1, 0.15) is 0 Å². The summed E-state index contributed by atoms with van der Waals surface area (Å²) in [5, 5.41) is 3.48. The van der Waals surface area contributed by atoms with E-state index in [-0.39, 0.29) is 0 Å². The standard InChI is InChI=1S/C14H29N3/c1-14(2,3)13(15-4)11-16-7-9-17(10-8-16)12-5-6-12/h12-13,15H,5-11H2,1-4H3. The minimum atomic E-state index is 0.350. The number of hydrogen-bond donors (Lipinski definition) is 1. The zero-order valence-corrected chi connectivity index (χ0v) is 12.0. The van der Waals surface area contributed by atoms with E-state index < -0.39 is 0 Å². The van der Waals surface area contributed by atoms with Gasteiger partial charge in [-0.2, -0.15) is 0 Å². The van der Waals surface area contributed by atoms with E-state index in [4.69, 9.17) is 0 Å². The Labute approximate surface area is 107 Å². The van der Waals surface area contributed by atoms with Crippen LogP contribution in [-0.2, 0) is 0 Å². The second kappa shape index (κ2) is 5.25. The van der Waals surface area contributed by atoms with Crippen molar-refractivity contribution >= 4 is 0 Å². The van der Waals surface area contributed by atoms with Gasteiger partial charge in [0.25, 0.3) is 0 Å². The zero-order valence-electron chi connectivity index (χ0n) is 12.0. The molecule has 0 bridgehead atoms. The van der Waals surface area contributed by atoms with Gasteiger partial charge in [-0.05, 0) is 25.3 Å². The SMILES string of the molecule is CNC(CN1CCN(C2CC2)CC1)C(C)(C)C. The first-order valence-corrected chi connectivity index (χ1v) is 7.14. The third kappa shape index (κ3) is 3.67. The molecule has 17 heavy (non-hydrogen) atoms. The van der Waals surface area contributed by atoms with Crippen molar-refractivity contribution in [2.24, 2.45) is 5.41 Å². The topological polar surface area (TPSA) is 18.5 Å². The summed E-state index contributed by atoms with van der Waals surface area (Å²) in [5.41, 5.74) is 0.350. The molecular weight excluding hydrogens is 210 g/mol. The van der Waals surface area contributed by atoms with Gasteiger partial charge in [-0.1, -0.05) is 20.8 Å². The lowest BCUT2D eigenvalue weighted by molar-refractivity contribution is 0.100. The molecular formula is C14H29N3. The Bertz CT molecular complexity index is 234. The second-order valence-electron chi connectivity index (χ2n) is 6.78. The first-order chi connectivity index (χ1) is 8.00. The molecule has 2 aliphatic rings. The molecule has 1 saturated heterocycles. The fourth-order valence-corrected chi connectivity index (χ4v) is 2.81. The van der Waals surface area contributed by atoms with Gasteiger partial charge >= 0.3 is 0 Å². The van der Waals surface area contributed by atoms with E-state index in [1.165, 1.54) is 45.6 Å². The van der Waals surface area contributed by atoms with Crippen molar-refractivity contribution in [1.29, 1.82) is 0 Å². The minimum Gasteiger partial charge on any atom is -0.315 e. The fraction of sp³-hybridized carbons (Fsp3) is 1.00. The number of likely N-dealkylation sites (N-methyl/N-ethyl adjacent to an activating group) is 1. The summed E-state index contributed by atoms with van der Waals surface area (Å²) in [5.74, 6) is 0. The molecule has 0 spiro atoms. The molecule has 1 aliphatic carbocycles. The summed E-state index contributed by atoms with van der Waals surface area (Å²) in [7, 11) is 2.09. The monoisotopic (exact) mass is 239 g/mol. The first-order valence-electron chi connectivity index (χ1n) is 7.14. The van der Waals surface area contributed by atoms with Gasteiger partial charge < -0.3 is 5.32 Å². The van der Waals surface area contributed by atoms with Crippen molar-refractivity contribution in [2.75, 3.05) is 39.8 Å². The van der Waals surface area contributed by atoms with Crippen molar-refractivity contribution in [3.05, 3.63) is 0 Å². The lowest BCUT2D eigenvalue weighted by atomic mass is 9.86. The van der Waals surface area contributed by atoms with Gasteiger partial charge in [0.15, 0.2) is 0 Å². The molecule has 1 saturated carbocycles. The van der Waals surface area contributed by atoms with Gasteiger partial charge in [0.2, 0.25) is 0 Å². The Kier molecular flexibility index (Phi) is 4.11. The van der Waals surface area contributed by atoms with Crippen molar-refractivity contribution in [2.45, 2.75) is 45.7 Å². The van der Waals surface area contributed by atoms with Gasteiger partial charge in [-0.3, -0.25) is 9.80 Å². The van der Waals surface area contributed by atoms with Crippen molar-refractivity contribution in [3.8, 4) is 0 Å². The molecule has 2 fully saturated rings. The molecule has 1 heterocycles. The van der Waals surface area contributed by atoms with Crippen LogP contribution in [0, 0.1) is 5.41 Å². The molecule has 0 aromatic rings. The highest BCUT2D eigenvalue weighted by atomic mass is 15.3. The highest BCUT2D eigenvalue weighted by Gasteiger charge is 2.32. The molecule has 0 radical (unpaired) electrons. The van der Waals surface area contributed by atoms with Crippen LogP contribution >= 0.6 is 0 Å². The van der Waals surface area contributed by atoms with Gasteiger partial charge in [-0.25, -0.2) is 0 Å².